The van der Waals surface area contributed by atoms with Crippen molar-refractivity contribution >= 4 is 23.2 Å². The summed E-state index contributed by atoms with van der Waals surface area (Å²) in [6, 6.07) is 5.73. The van der Waals surface area contributed by atoms with E-state index in [4.69, 9.17) is 11.6 Å². The van der Waals surface area contributed by atoms with Crippen molar-refractivity contribution < 1.29 is 9.21 Å². The third kappa shape index (κ3) is 2.92. The van der Waals surface area contributed by atoms with Crippen molar-refractivity contribution in [1.82, 2.24) is 4.98 Å². The van der Waals surface area contributed by atoms with Crippen LogP contribution in [0.1, 0.15) is 10.4 Å². The number of nitrogens with one attached hydrogen (secondary N) is 1. The largest absolute Gasteiger partial charge is 0.430 e. The van der Waals surface area contributed by atoms with Crippen molar-refractivity contribution in [3.8, 4) is 0 Å². The van der Waals surface area contributed by atoms with Gasteiger partial charge in [-0.05, 0) is 18.2 Å². The Morgan fingerprint density at radius 2 is 2.12 bits per heavy atom. The molecule has 2 aromatic heterocycles. The number of carbonyl (C=O) groups is 1. The molecule has 0 saturated heterocycles. The lowest BCUT2D eigenvalue weighted by Crippen LogP contribution is -2.13. The molecule has 1 amide bonds. The molecule has 0 bridgehead atoms. The molecule has 0 atom stereocenters. The Labute approximate surface area is 101 Å². The fourth-order valence-electron chi connectivity index (χ4n) is 1.14. The van der Waals surface area contributed by atoms with E-state index in [1.807, 2.05) is 0 Å². The van der Waals surface area contributed by atoms with E-state index in [0.717, 1.165) is 6.26 Å². The molecule has 2 rings (SSSR count). The Kier molecular flexibility index (Phi) is 3.20. The maximum Gasteiger partial charge on any atom is 0.335 e. The number of nitrogens with zero attached hydrogens (tertiary/aromatic N) is 1. The van der Waals surface area contributed by atoms with Crippen molar-refractivity contribution in [3.63, 3.8) is 0 Å². The predicted octanol–water partition coefficient (Wildman–Crippen LogP) is 1.94. The van der Waals surface area contributed by atoms with Crippen LogP contribution in [0.5, 0.6) is 0 Å². The van der Waals surface area contributed by atoms with E-state index >= 15 is 0 Å². The average molecular weight is 251 g/mol. The van der Waals surface area contributed by atoms with E-state index in [9.17, 15) is 9.59 Å². The molecule has 0 aliphatic heterocycles. The Hall–Kier alpha value is -2.14. The van der Waals surface area contributed by atoms with Gasteiger partial charge in [-0.25, -0.2) is 9.78 Å². The molecule has 0 fully saturated rings. The second-order valence-electron chi connectivity index (χ2n) is 3.17. The van der Waals surface area contributed by atoms with Crippen LogP contribution in [0.3, 0.4) is 0 Å². The normalized spacial score (nSPS) is 9.94. The highest BCUT2D eigenvalue weighted by atomic mass is 35.5. The molecule has 0 saturated carbocycles. The van der Waals surface area contributed by atoms with E-state index in [1.54, 1.807) is 12.1 Å². The van der Waals surface area contributed by atoms with Gasteiger partial charge in [0.25, 0.3) is 5.91 Å². The molecule has 86 valence electrons. The summed E-state index contributed by atoms with van der Waals surface area (Å²) in [7, 11) is 0. The Morgan fingerprint density at radius 1 is 1.29 bits per heavy atom. The van der Waals surface area contributed by atoms with Gasteiger partial charge in [-0.1, -0.05) is 11.6 Å². The van der Waals surface area contributed by atoms with E-state index in [1.165, 1.54) is 18.3 Å². The van der Waals surface area contributed by atoms with Gasteiger partial charge in [-0.15, -0.1) is 0 Å². The van der Waals surface area contributed by atoms with Crippen LogP contribution in [0.2, 0.25) is 5.15 Å². The van der Waals surface area contributed by atoms with E-state index < -0.39 is 11.5 Å². The summed E-state index contributed by atoms with van der Waals surface area (Å²) in [5.41, 5.74) is 0.250. The van der Waals surface area contributed by atoms with Gasteiger partial charge in [0.1, 0.15) is 11.4 Å². The molecule has 1 N–H and O–H groups in total. The van der Waals surface area contributed by atoms with Gasteiger partial charge in [0.15, 0.2) is 0 Å². The first-order valence-corrected chi connectivity index (χ1v) is 5.05. The highest BCUT2D eigenvalue weighted by Crippen LogP contribution is 2.10. The van der Waals surface area contributed by atoms with Crippen LogP contribution in [0.25, 0.3) is 0 Å². The number of hydrogen-bond acceptors (Lipinski definition) is 4. The third-order valence-corrected chi connectivity index (χ3v) is 2.17. The quantitative estimate of drug-likeness (QED) is 0.827. The first-order valence-electron chi connectivity index (χ1n) is 4.67. The van der Waals surface area contributed by atoms with Gasteiger partial charge < -0.3 is 9.73 Å². The fraction of sp³-hybridized carbons (Fsp3) is 0. The molecule has 0 aromatic carbocycles. The maximum absolute atomic E-state index is 11.7. The molecular weight excluding hydrogens is 244 g/mol. The zero-order chi connectivity index (χ0) is 12.3. The van der Waals surface area contributed by atoms with Crippen LogP contribution >= 0.6 is 11.6 Å². The lowest BCUT2D eigenvalue weighted by Gasteiger charge is -2.03. The molecular formula is C11H7ClN2O3. The second kappa shape index (κ2) is 4.80. The SMILES string of the molecule is O=C(Nc1ccc(Cl)nc1)c1ccc(=O)oc1. The lowest BCUT2D eigenvalue weighted by atomic mass is 10.3. The molecule has 0 spiro atoms. The molecule has 6 heteroatoms. The average Bonchev–Trinajstić information content (AvgIpc) is 2.33. The maximum atomic E-state index is 11.7. The number of anilines is 1. The van der Waals surface area contributed by atoms with E-state index in [2.05, 4.69) is 14.7 Å². The molecule has 17 heavy (non-hydrogen) atoms. The Balaban J connectivity index is 2.14. The minimum Gasteiger partial charge on any atom is -0.430 e. The monoisotopic (exact) mass is 250 g/mol. The fourth-order valence-corrected chi connectivity index (χ4v) is 1.25. The lowest BCUT2D eigenvalue weighted by molar-refractivity contribution is 0.102. The minimum atomic E-state index is -0.505. The van der Waals surface area contributed by atoms with Crippen LogP contribution in [0.4, 0.5) is 5.69 Å². The summed E-state index contributed by atoms with van der Waals surface area (Å²) in [5, 5.41) is 2.92. The molecule has 5 nitrogen and oxygen atoms in total. The number of amides is 1. The van der Waals surface area contributed by atoms with Crippen LogP contribution in [-0.2, 0) is 0 Å². The van der Waals surface area contributed by atoms with Crippen LogP contribution < -0.4 is 10.9 Å². The number of aromatic nitrogens is 1. The van der Waals surface area contributed by atoms with Crippen molar-refractivity contribution in [2.45, 2.75) is 0 Å². The summed E-state index contributed by atoms with van der Waals surface area (Å²) in [4.78, 5) is 26.2. The number of hydrogen-bond donors (Lipinski definition) is 1. The summed E-state index contributed by atoms with van der Waals surface area (Å²) in [6.45, 7) is 0. The summed E-state index contributed by atoms with van der Waals surface area (Å²) in [6.07, 6.45) is 2.53. The van der Waals surface area contributed by atoms with Crippen molar-refractivity contribution in [3.05, 3.63) is 57.9 Å². The second-order valence-corrected chi connectivity index (χ2v) is 3.55. The minimum absolute atomic E-state index is 0.250. The number of rotatable bonds is 2. The van der Waals surface area contributed by atoms with Gasteiger partial charge in [0, 0.05) is 6.07 Å². The van der Waals surface area contributed by atoms with Gasteiger partial charge >= 0.3 is 5.63 Å². The van der Waals surface area contributed by atoms with Crippen LogP contribution in [0.15, 0.2) is 45.9 Å². The molecule has 0 aliphatic rings. The van der Waals surface area contributed by atoms with Crippen molar-refractivity contribution in [2.75, 3.05) is 5.32 Å². The predicted molar refractivity (Wildman–Crippen MR) is 62.2 cm³/mol. The molecule has 0 unspecified atom stereocenters. The Morgan fingerprint density at radius 3 is 2.71 bits per heavy atom. The number of pyridine rings is 1. The van der Waals surface area contributed by atoms with E-state index in [-0.39, 0.29) is 5.56 Å². The molecule has 2 aromatic rings. The van der Waals surface area contributed by atoms with Crippen molar-refractivity contribution in [1.29, 1.82) is 0 Å². The van der Waals surface area contributed by atoms with E-state index in [0.29, 0.717) is 10.8 Å². The van der Waals surface area contributed by atoms with Crippen LogP contribution in [-0.4, -0.2) is 10.9 Å². The Bertz CT molecular complexity index is 572. The molecule has 0 aliphatic carbocycles. The highest BCUT2D eigenvalue weighted by molar-refractivity contribution is 6.29. The third-order valence-electron chi connectivity index (χ3n) is 1.95. The first kappa shape index (κ1) is 11.3. The topological polar surface area (TPSA) is 72.2 Å². The summed E-state index contributed by atoms with van der Waals surface area (Å²) >= 11 is 5.61. The summed E-state index contributed by atoms with van der Waals surface area (Å²) < 4.78 is 4.58. The van der Waals surface area contributed by atoms with Crippen molar-refractivity contribution in [2.24, 2.45) is 0 Å². The molecule has 2 heterocycles. The number of carbonyl (C=O) groups excluding carboxylic acids is 1. The zero-order valence-corrected chi connectivity index (χ0v) is 9.27. The van der Waals surface area contributed by atoms with Gasteiger partial charge in [0.2, 0.25) is 0 Å². The standard InChI is InChI=1S/C11H7ClN2O3/c12-9-3-2-8(5-13-9)14-11(16)7-1-4-10(15)17-6-7/h1-6H,(H,14,16). The van der Waals surface area contributed by atoms with Gasteiger partial charge in [-0.3, -0.25) is 4.79 Å². The molecule has 0 radical (unpaired) electrons. The zero-order valence-electron chi connectivity index (χ0n) is 8.51. The highest BCUT2D eigenvalue weighted by Gasteiger charge is 2.06. The first-order chi connectivity index (χ1) is 8.15. The van der Waals surface area contributed by atoms with Gasteiger partial charge in [-0.2, -0.15) is 0 Å². The summed E-state index contributed by atoms with van der Waals surface area (Å²) in [5.74, 6) is -0.391. The van der Waals surface area contributed by atoms with Gasteiger partial charge in [0.05, 0.1) is 17.4 Å². The van der Waals surface area contributed by atoms with Crippen LogP contribution in [0, 0.1) is 0 Å². The number of halogens is 1. The smallest absolute Gasteiger partial charge is 0.335 e.